The largest absolute Gasteiger partial charge is 0.464 e. The fourth-order valence-electron chi connectivity index (χ4n) is 3.87. The summed E-state index contributed by atoms with van der Waals surface area (Å²) in [6, 6.07) is 5.81. The minimum atomic E-state index is -0.123. The molecule has 0 aliphatic carbocycles. The second kappa shape index (κ2) is 8.65. The van der Waals surface area contributed by atoms with E-state index in [-0.39, 0.29) is 42.6 Å². The molecule has 6 heteroatoms. The number of likely N-dealkylation sites (tertiary alicyclic amines) is 1. The van der Waals surface area contributed by atoms with Gasteiger partial charge in [0.25, 0.3) is 0 Å². The zero-order valence-electron chi connectivity index (χ0n) is 16.1. The highest BCUT2D eigenvalue weighted by atomic mass is 16.5. The molecule has 2 aliphatic heterocycles. The van der Waals surface area contributed by atoms with Gasteiger partial charge in [0.1, 0.15) is 6.04 Å². The van der Waals surface area contributed by atoms with Crippen LogP contribution >= 0.6 is 0 Å². The third-order valence-corrected chi connectivity index (χ3v) is 5.52. The van der Waals surface area contributed by atoms with Crippen molar-refractivity contribution in [1.29, 1.82) is 0 Å². The van der Waals surface area contributed by atoms with Gasteiger partial charge in [-0.3, -0.25) is 19.3 Å². The molecule has 146 valence electrons. The van der Waals surface area contributed by atoms with Crippen molar-refractivity contribution in [2.45, 2.75) is 58.0 Å². The first-order valence-electron chi connectivity index (χ1n) is 9.74. The fourth-order valence-corrected chi connectivity index (χ4v) is 3.87. The Morgan fingerprint density at radius 1 is 1.15 bits per heavy atom. The van der Waals surface area contributed by atoms with E-state index in [0.717, 1.165) is 43.5 Å². The van der Waals surface area contributed by atoms with Crippen molar-refractivity contribution in [1.82, 2.24) is 10.2 Å². The highest BCUT2D eigenvalue weighted by Gasteiger charge is 2.34. The number of carbonyl (C=O) groups is 3. The third-order valence-electron chi connectivity index (χ3n) is 5.52. The van der Waals surface area contributed by atoms with E-state index in [1.165, 1.54) is 0 Å². The number of hydrogen-bond donors (Lipinski definition) is 1. The van der Waals surface area contributed by atoms with Gasteiger partial charge in [-0.1, -0.05) is 17.7 Å². The van der Waals surface area contributed by atoms with Gasteiger partial charge in [0, 0.05) is 44.0 Å². The van der Waals surface area contributed by atoms with Crippen LogP contribution < -0.4 is 5.32 Å². The number of cyclic esters (lactones) is 1. The van der Waals surface area contributed by atoms with Crippen LogP contribution in [0.3, 0.4) is 0 Å². The summed E-state index contributed by atoms with van der Waals surface area (Å²) in [5, 5.41) is 3.04. The lowest BCUT2D eigenvalue weighted by Gasteiger charge is -2.34. The topological polar surface area (TPSA) is 75.7 Å². The van der Waals surface area contributed by atoms with Crippen molar-refractivity contribution in [2.24, 2.45) is 0 Å². The summed E-state index contributed by atoms with van der Waals surface area (Å²) in [5.41, 5.74) is 2.70. The van der Waals surface area contributed by atoms with Gasteiger partial charge in [0.2, 0.25) is 5.91 Å². The van der Waals surface area contributed by atoms with E-state index >= 15 is 0 Å². The Morgan fingerprint density at radius 2 is 1.89 bits per heavy atom. The summed E-state index contributed by atoms with van der Waals surface area (Å²) in [7, 11) is 0. The molecule has 1 aromatic rings. The Balaban J connectivity index is 1.41. The monoisotopic (exact) mass is 372 g/mol. The average Bonchev–Trinajstić information content (AvgIpc) is 3.08. The van der Waals surface area contributed by atoms with E-state index < -0.39 is 0 Å². The standard InChI is InChI=1S/C21H28N2O4/c1-14-3-4-15(2)17(13-14)19(24)5-6-20(25)22-16-7-10-23(11-8-16)18-9-12-27-21(18)26/h3-4,13,16,18H,5-12H2,1-2H3,(H,22,25). The molecule has 0 spiro atoms. The molecule has 0 aromatic heterocycles. The van der Waals surface area contributed by atoms with E-state index in [1.54, 1.807) is 0 Å². The molecule has 0 radical (unpaired) electrons. The molecule has 1 unspecified atom stereocenters. The number of benzene rings is 1. The van der Waals surface area contributed by atoms with Crippen LogP contribution in [0.5, 0.6) is 0 Å². The SMILES string of the molecule is Cc1ccc(C)c(C(=O)CCC(=O)NC2CCN(C3CCOC3=O)CC2)c1. The molecular formula is C21H28N2O4. The molecule has 1 aromatic carbocycles. The molecule has 2 saturated heterocycles. The molecule has 6 nitrogen and oxygen atoms in total. The van der Waals surface area contributed by atoms with Crippen LogP contribution in [0.15, 0.2) is 18.2 Å². The third kappa shape index (κ3) is 4.95. The van der Waals surface area contributed by atoms with Crippen molar-refractivity contribution < 1.29 is 19.1 Å². The first kappa shape index (κ1) is 19.5. The van der Waals surface area contributed by atoms with Gasteiger partial charge in [-0.05, 0) is 38.3 Å². The molecule has 27 heavy (non-hydrogen) atoms. The van der Waals surface area contributed by atoms with Crippen LogP contribution in [-0.2, 0) is 14.3 Å². The van der Waals surface area contributed by atoms with Crippen molar-refractivity contribution in [3.8, 4) is 0 Å². The molecule has 1 atom stereocenters. The number of rotatable bonds is 6. The summed E-state index contributed by atoms with van der Waals surface area (Å²) in [6.07, 6.45) is 2.83. The minimum Gasteiger partial charge on any atom is -0.464 e. The summed E-state index contributed by atoms with van der Waals surface area (Å²) >= 11 is 0. The first-order valence-corrected chi connectivity index (χ1v) is 9.74. The van der Waals surface area contributed by atoms with E-state index in [4.69, 9.17) is 4.74 Å². The lowest BCUT2D eigenvalue weighted by atomic mass is 9.99. The molecule has 0 bridgehead atoms. The summed E-state index contributed by atoms with van der Waals surface area (Å²) in [4.78, 5) is 38.5. The van der Waals surface area contributed by atoms with E-state index in [1.807, 2.05) is 32.0 Å². The summed E-state index contributed by atoms with van der Waals surface area (Å²) in [6.45, 7) is 5.95. The number of nitrogens with zero attached hydrogens (tertiary/aromatic N) is 1. The van der Waals surface area contributed by atoms with Crippen LogP contribution in [0, 0.1) is 13.8 Å². The highest BCUT2D eigenvalue weighted by Crippen LogP contribution is 2.20. The minimum absolute atomic E-state index is 0.0147. The normalized spacial score (nSPS) is 21.1. The van der Waals surface area contributed by atoms with Gasteiger partial charge in [0.15, 0.2) is 5.78 Å². The Kier molecular flexibility index (Phi) is 6.26. The lowest BCUT2D eigenvalue weighted by Crippen LogP contribution is -2.49. The first-order chi connectivity index (χ1) is 12.9. The van der Waals surface area contributed by atoms with E-state index in [2.05, 4.69) is 10.2 Å². The second-order valence-electron chi connectivity index (χ2n) is 7.59. The molecule has 2 aliphatic rings. The number of amides is 1. The smallest absolute Gasteiger partial charge is 0.323 e. The maximum Gasteiger partial charge on any atom is 0.323 e. The van der Waals surface area contributed by atoms with Crippen LogP contribution in [0.4, 0.5) is 0 Å². The zero-order chi connectivity index (χ0) is 19.4. The molecule has 1 amide bonds. The Morgan fingerprint density at radius 3 is 2.56 bits per heavy atom. The number of esters is 1. The predicted molar refractivity (Wildman–Crippen MR) is 102 cm³/mol. The van der Waals surface area contributed by atoms with E-state index in [9.17, 15) is 14.4 Å². The number of ether oxygens (including phenoxy) is 1. The van der Waals surface area contributed by atoms with Crippen molar-refractivity contribution in [2.75, 3.05) is 19.7 Å². The summed E-state index contributed by atoms with van der Waals surface area (Å²) in [5.74, 6) is -0.185. The number of carbonyl (C=O) groups excluding carboxylic acids is 3. The van der Waals surface area contributed by atoms with Gasteiger partial charge in [-0.2, -0.15) is 0 Å². The van der Waals surface area contributed by atoms with Gasteiger partial charge in [-0.15, -0.1) is 0 Å². The molecule has 1 N–H and O–H groups in total. The van der Waals surface area contributed by atoms with Crippen LogP contribution in [0.2, 0.25) is 0 Å². The molecular weight excluding hydrogens is 344 g/mol. The number of Topliss-reactive ketones (excluding diaryl/α,β-unsaturated/α-hetero) is 1. The van der Waals surface area contributed by atoms with Crippen molar-refractivity contribution in [3.05, 3.63) is 34.9 Å². The molecule has 3 rings (SSSR count). The van der Waals surface area contributed by atoms with Gasteiger partial charge >= 0.3 is 5.97 Å². The van der Waals surface area contributed by atoms with Gasteiger partial charge in [0.05, 0.1) is 6.61 Å². The molecule has 2 heterocycles. The fraction of sp³-hybridized carbons (Fsp3) is 0.571. The molecule has 2 fully saturated rings. The van der Waals surface area contributed by atoms with E-state index in [0.29, 0.717) is 12.2 Å². The Bertz CT molecular complexity index is 723. The number of hydrogen-bond acceptors (Lipinski definition) is 5. The number of nitrogens with one attached hydrogen (secondary N) is 1. The van der Waals surface area contributed by atoms with Crippen molar-refractivity contribution in [3.63, 3.8) is 0 Å². The maximum absolute atomic E-state index is 12.4. The number of aryl methyl sites for hydroxylation is 2. The Hall–Kier alpha value is -2.21. The number of piperidine rings is 1. The van der Waals surface area contributed by atoms with Gasteiger partial charge < -0.3 is 10.1 Å². The Labute approximate surface area is 160 Å². The van der Waals surface area contributed by atoms with Crippen LogP contribution in [0.1, 0.15) is 53.6 Å². The zero-order valence-corrected chi connectivity index (χ0v) is 16.1. The number of ketones is 1. The van der Waals surface area contributed by atoms with Crippen molar-refractivity contribution >= 4 is 17.7 Å². The lowest BCUT2D eigenvalue weighted by molar-refractivity contribution is -0.142. The van der Waals surface area contributed by atoms with Gasteiger partial charge in [-0.25, -0.2) is 0 Å². The predicted octanol–water partition coefficient (Wildman–Crippen LogP) is 2.16. The second-order valence-corrected chi connectivity index (χ2v) is 7.59. The van der Waals surface area contributed by atoms with Crippen LogP contribution in [0.25, 0.3) is 0 Å². The average molecular weight is 372 g/mol. The quantitative estimate of drug-likeness (QED) is 0.612. The highest BCUT2D eigenvalue weighted by molar-refractivity contribution is 5.99. The molecule has 0 saturated carbocycles. The summed E-state index contributed by atoms with van der Waals surface area (Å²) < 4.78 is 5.03. The maximum atomic E-state index is 12.4. The van der Waals surface area contributed by atoms with Crippen LogP contribution in [-0.4, -0.2) is 54.3 Å².